The predicted molar refractivity (Wildman–Crippen MR) is 56.5 cm³/mol. The van der Waals surface area contributed by atoms with E-state index in [9.17, 15) is 0 Å². The van der Waals surface area contributed by atoms with E-state index in [2.05, 4.69) is 26.1 Å². The molecule has 2 atom stereocenters. The maximum Gasteiger partial charge on any atom is 0.0170 e. The molecule has 2 unspecified atom stereocenters. The minimum absolute atomic E-state index is 0.495. The number of nitrogens with one attached hydrogen (secondary N) is 1. The zero-order chi connectivity index (χ0) is 9.61. The van der Waals surface area contributed by atoms with Gasteiger partial charge >= 0.3 is 0 Å². The number of rotatable bonds is 3. The van der Waals surface area contributed by atoms with Crippen LogP contribution in [0.4, 0.5) is 0 Å². The molecule has 1 aliphatic rings. The SMILES string of the molecule is CC.CCCCC1(C)CC(C)N1. The van der Waals surface area contributed by atoms with Gasteiger partial charge in [-0.05, 0) is 26.7 Å². The van der Waals surface area contributed by atoms with E-state index in [1.165, 1.54) is 25.7 Å². The lowest BCUT2D eigenvalue weighted by molar-refractivity contribution is 0.152. The van der Waals surface area contributed by atoms with Crippen molar-refractivity contribution in [1.29, 1.82) is 0 Å². The largest absolute Gasteiger partial charge is 0.309 e. The summed E-state index contributed by atoms with van der Waals surface area (Å²) in [5, 5.41) is 3.55. The van der Waals surface area contributed by atoms with E-state index in [4.69, 9.17) is 0 Å². The third-order valence-electron chi connectivity index (χ3n) is 2.43. The van der Waals surface area contributed by atoms with Gasteiger partial charge in [0.15, 0.2) is 0 Å². The molecule has 0 saturated carbocycles. The van der Waals surface area contributed by atoms with Crippen molar-refractivity contribution in [3.63, 3.8) is 0 Å². The molecule has 0 bridgehead atoms. The fourth-order valence-electron chi connectivity index (χ4n) is 1.99. The minimum atomic E-state index is 0.495. The Bertz CT molecular complexity index is 104. The summed E-state index contributed by atoms with van der Waals surface area (Å²) in [5.41, 5.74) is 0.495. The predicted octanol–water partition coefficient (Wildman–Crippen LogP) is 3.34. The first-order chi connectivity index (χ1) is 5.66. The lowest BCUT2D eigenvalue weighted by atomic mass is 9.80. The van der Waals surface area contributed by atoms with Gasteiger partial charge in [0.1, 0.15) is 0 Å². The summed E-state index contributed by atoms with van der Waals surface area (Å²) in [6, 6.07) is 0.766. The van der Waals surface area contributed by atoms with E-state index < -0.39 is 0 Å². The zero-order valence-corrected chi connectivity index (χ0v) is 9.41. The average molecular weight is 171 g/mol. The summed E-state index contributed by atoms with van der Waals surface area (Å²) in [5.74, 6) is 0. The fraction of sp³-hybridized carbons (Fsp3) is 1.00. The maximum atomic E-state index is 3.55. The third-order valence-corrected chi connectivity index (χ3v) is 2.43. The summed E-state index contributed by atoms with van der Waals surface area (Å²) in [4.78, 5) is 0. The standard InChI is InChI=1S/C9H19N.C2H6/c1-4-5-6-9(3)7-8(2)10-9;1-2/h8,10H,4-7H2,1-3H3;1-2H3. The Morgan fingerprint density at radius 3 is 2.25 bits per heavy atom. The molecule has 0 amide bonds. The summed E-state index contributed by atoms with van der Waals surface area (Å²) < 4.78 is 0. The molecule has 0 radical (unpaired) electrons. The fourth-order valence-corrected chi connectivity index (χ4v) is 1.99. The molecular weight excluding hydrogens is 146 g/mol. The summed E-state index contributed by atoms with van der Waals surface area (Å²) in [6.07, 6.45) is 5.42. The van der Waals surface area contributed by atoms with Crippen LogP contribution in [-0.2, 0) is 0 Å². The van der Waals surface area contributed by atoms with Gasteiger partial charge in [-0.2, -0.15) is 0 Å². The van der Waals surface area contributed by atoms with Crippen LogP contribution < -0.4 is 5.32 Å². The normalized spacial score (nSPS) is 33.2. The summed E-state index contributed by atoms with van der Waals surface area (Å²) in [7, 11) is 0. The average Bonchev–Trinajstić information content (AvgIpc) is 2.02. The van der Waals surface area contributed by atoms with Crippen LogP contribution in [0.3, 0.4) is 0 Å². The molecule has 0 aliphatic carbocycles. The van der Waals surface area contributed by atoms with Crippen LogP contribution in [0.5, 0.6) is 0 Å². The van der Waals surface area contributed by atoms with Gasteiger partial charge in [-0.25, -0.2) is 0 Å². The van der Waals surface area contributed by atoms with Gasteiger partial charge in [0.2, 0.25) is 0 Å². The molecule has 0 aromatic carbocycles. The van der Waals surface area contributed by atoms with Gasteiger partial charge in [-0.3, -0.25) is 0 Å². The highest BCUT2D eigenvalue weighted by Crippen LogP contribution is 2.28. The minimum Gasteiger partial charge on any atom is -0.309 e. The lowest BCUT2D eigenvalue weighted by Gasteiger charge is -2.46. The lowest BCUT2D eigenvalue weighted by Crippen LogP contribution is -2.60. The second-order valence-electron chi connectivity index (χ2n) is 3.91. The van der Waals surface area contributed by atoms with E-state index >= 15 is 0 Å². The van der Waals surface area contributed by atoms with E-state index in [0.717, 1.165) is 6.04 Å². The topological polar surface area (TPSA) is 12.0 Å². The second kappa shape index (κ2) is 5.58. The highest BCUT2D eigenvalue weighted by atomic mass is 15.1. The van der Waals surface area contributed by atoms with Gasteiger partial charge in [0.05, 0.1) is 0 Å². The van der Waals surface area contributed by atoms with E-state index in [1.807, 2.05) is 13.8 Å². The molecule has 1 aliphatic heterocycles. The first-order valence-electron chi connectivity index (χ1n) is 5.44. The molecular formula is C11H25N. The van der Waals surface area contributed by atoms with Crippen molar-refractivity contribution < 1.29 is 0 Å². The maximum absolute atomic E-state index is 3.55. The molecule has 74 valence electrons. The Hall–Kier alpha value is -0.0400. The Balaban J connectivity index is 0.000000561. The van der Waals surface area contributed by atoms with Crippen molar-refractivity contribution in [2.75, 3.05) is 0 Å². The highest BCUT2D eigenvalue weighted by molar-refractivity contribution is 4.97. The van der Waals surface area contributed by atoms with Gasteiger partial charge in [-0.1, -0.05) is 33.6 Å². The highest BCUT2D eigenvalue weighted by Gasteiger charge is 2.35. The van der Waals surface area contributed by atoms with Crippen LogP contribution in [-0.4, -0.2) is 11.6 Å². The molecule has 0 aromatic rings. The number of hydrogen-bond donors (Lipinski definition) is 1. The smallest absolute Gasteiger partial charge is 0.0170 e. The van der Waals surface area contributed by atoms with Crippen LogP contribution in [0.1, 0.15) is 60.3 Å². The van der Waals surface area contributed by atoms with E-state index in [1.54, 1.807) is 0 Å². The molecule has 1 heterocycles. The van der Waals surface area contributed by atoms with Crippen molar-refractivity contribution >= 4 is 0 Å². The molecule has 1 saturated heterocycles. The Labute approximate surface area is 77.9 Å². The quantitative estimate of drug-likeness (QED) is 0.686. The summed E-state index contributed by atoms with van der Waals surface area (Å²) in [6.45, 7) is 10.8. The third kappa shape index (κ3) is 3.57. The first kappa shape index (κ1) is 12.0. The van der Waals surface area contributed by atoms with Crippen molar-refractivity contribution in [3.05, 3.63) is 0 Å². The Morgan fingerprint density at radius 1 is 1.42 bits per heavy atom. The van der Waals surface area contributed by atoms with Crippen LogP contribution in [0.15, 0.2) is 0 Å². The van der Waals surface area contributed by atoms with Crippen molar-refractivity contribution in [2.45, 2.75) is 71.9 Å². The van der Waals surface area contributed by atoms with Crippen LogP contribution in [0, 0.1) is 0 Å². The van der Waals surface area contributed by atoms with Crippen LogP contribution in [0.2, 0.25) is 0 Å². The van der Waals surface area contributed by atoms with E-state index in [0.29, 0.717) is 5.54 Å². The van der Waals surface area contributed by atoms with E-state index in [-0.39, 0.29) is 0 Å². The first-order valence-corrected chi connectivity index (χ1v) is 5.44. The molecule has 1 N–H and O–H groups in total. The molecule has 0 aromatic heterocycles. The van der Waals surface area contributed by atoms with Crippen LogP contribution >= 0.6 is 0 Å². The number of unbranched alkanes of at least 4 members (excludes halogenated alkanes) is 1. The number of hydrogen-bond acceptors (Lipinski definition) is 1. The molecule has 0 spiro atoms. The molecule has 12 heavy (non-hydrogen) atoms. The molecule has 1 nitrogen and oxygen atoms in total. The molecule has 1 heteroatoms. The zero-order valence-electron chi connectivity index (χ0n) is 9.41. The van der Waals surface area contributed by atoms with Gasteiger partial charge < -0.3 is 5.32 Å². The Morgan fingerprint density at radius 2 is 1.92 bits per heavy atom. The van der Waals surface area contributed by atoms with Gasteiger partial charge in [0, 0.05) is 11.6 Å². The Kier molecular flexibility index (Phi) is 5.56. The monoisotopic (exact) mass is 171 g/mol. The van der Waals surface area contributed by atoms with Crippen LogP contribution in [0.25, 0.3) is 0 Å². The summed E-state index contributed by atoms with van der Waals surface area (Å²) >= 11 is 0. The molecule has 1 fully saturated rings. The van der Waals surface area contributed by atoms with Crippen molar-refractivity contribution in [3.8, 4) is 0 Å². The van der Waals surface area contributed by atoms with Gasteiger partial charge in [0.25, 0.3) is 0 Å². The van der Waals surface area contributed by atoms with Crippen molar-refractivity contribution in [1.82, 2.24) is 5.32 Å². The second-order valence-corrected chi connectivity index (χ2v) is 3.91. The van der Waals surface area contributed by atoms with Gasteiger partial charge in [-0.15, -0.1) is 0 Å². The molecule has 1 rings (SSSR count). The van der Waals surface area contributed by atoms with Crippen molar-refractivity contribution in [2.24, 2.45) is 0 Å².